The zero-order chi connectivity index (χ0) is 25.7. The number of benzene rings is 2. The summed E-state index contributed by atoms with van der Waals surface area (Å²) in [7, 11) is 1.60. The summed E-state index contributed by atoms with van der Waals surface area (Å²) in [6.07, 6.45) is 0. The Labute approximate surface area is 220 Å². The molecule has 1 aliphatic rings. The van der Waals surface area contributed by atoms with Crippen LogP contribution in [-0.4, -0.2) is 65.2 Å². The highest BCUT2D eigenvalue weighted by Gasteiger charge is 2.29. The van der Waals surface area contributed by atoms with Crippen molar-refractivity contribution >= 4 is 46.7 Å². The molecule has 1 unspecified atom stereocenters. The number of carbonyl (C=O) groups excluding carboxylic acids is 2. The third-order valence-corrected chi connectivity index (χ3v) is 6.92. The molecule has 1 aromatic heterocycles. The standard InChI is InChI=1S/C26H28ClN5O3S/c1-17-4-8-20(9-5-17)28-24(33)16-36-26-29-22(27)14-23(30-26)31-12-13-32(18(2)15-31)25(34)19-6-10-21(35-3)11-7-19/h4-11,14,18H,12-13,15-16H2,1-3H3,(H,28,33). The summed E-state index contributed by atoms with van der Waals surface area (Å²) in [5, 5.41) is 3.61. The number of aromatic nitrogens is 2. The third-order valence-electron chi connectivity index (χ3n) is 5.88. The van der Waals surface area contributed by atoms with Crippen molar-refractivity contribution in [2.75, 3.05) is 42.7 Å². The lowest BCUT2D eigenvalue weighted by Crippen LogP contribution is -2.54. The molecule has 2 amide bonds. The summed E-state index contributed by atoms with van der Waals surface area (Å²) >= 11 is 7.51. The maximum atomic E-state index is 13.0. The van der Waals surface area contributed by atoms with E-state index in [2.05, 4.69) is 20.2 Å². The van der Waals surface area contributed by atoms with Gasteiger partial charge in [-0.25, -0.2) is 9.97 Å². The van der Waals surface area contributed by atoms with Gasteiger partial charge in [0, 0.05) is 43.0 Å². The molecule has 0 saturated carbocycles. The molecule has 4 rings (SSSR count). The number of anilines is 2. The van der Waals surface area contributed by atoms with Gasteiger partial charge in [0.2, 0.25) is 5.91 Å². The summed E-state index contributed by atoms with van der Waals surface area (Å²) in [4.78, 5) is 38.3. The fourth-order valence-electron chi connectivity index (χ4n) is 3.94. The average Bonchev–Trinajstić information content (AvgIpc) is 2.88. The van der Waals surface area contributed by atoms with Gasteiger partial charge in [-0.05, 0) is 50.2 Å². The van der Waals surface area contributed by atoms with E-state index < -0.39 is 0 Å². The number of piperazine rings is 1. The van der Waals surface area contributed by atoms with Crippen molar-refractivity contribution in [2.24, 2.45) is 0 Å². The van der Waals surface area contributed by atoms with Crippen molar-refractivity contribution in [1.29, 1.82) is 0 Å². The molecule has 0 aliphatic carbocycles. The molecule has 0 bridgehead atoms. The normalized spacial score (nSPS) is 15.5. The topological polar surface area (TPSA) is 87.7 Å². The molecule has 188 valence electrons. The monoisotopic (exact) mass is 525 g/mol. The number of carbonyl (C=O) groups is 2. The third kappa shape index (κ3) is 6.47. The van der Waals surface area contributed by atoms with Crippen LogP contribution >= 0.6 is 23.4 Å². The Kier molecular flexibility index (Phi) is 8.32. The predicted octanol–water partition coefficient (Wildman–Crippen LogP) is 4.53. The first-order valence-electron chi connectivity index (χ1n) is 11.6. The Hall–Kier alpha value is -3.30. The van der Waals surface area contributed by atoms with Gasteiger partial charge in [-0.1, -0.05) is 41.1 Å². The van der Waals surface area contributed by atoms with Gasteiger partial charge < -0.3 is 19.9 Å². The highest BCUT2D eigenvalue weighted by Crippen LogP contribution is 2.25. The molecule has 1 N–H and O–H groups in total. The van der Waals surface area contributed by atoms with E-state index in [0.717, 1.165) is 11.3 Å². The van der Waals surface area contributed by atoms with Crippen LogP contribution in [-0.2, 0) is 4.79 Å². The largest absolute Gasteiger partial charge is 0.497 e. The van der Waals surface area contributed by atoms with Crippen LogP contribution in [0.1, 0.15) is 22.8 Å². The van der Waals surface area contributed by atoms with Crippen LogP contribution in [0.2, 0.25) is 5.15 Å². The Morgan fingerprint density at radius 2 is 1.83 bits per heavy atom. The smallest absolute Gasteiger partial charge is 0.254 e. The van der Waals surface area contributed by atoms with E-state index in [1.807, 2.05) is 43.0 Å². The van der Waals surface area contributed by atoms with Crippen LogP contribution in [0.3, 0.4) is 0 Å². The molecule has 0 radical (unpaired) electrons. The summed E-state index contributed by atoms with van der Waals surface area (Å²) < 4.78 is 5.18. The molecule has 1 atom stereocenters. The molecule has 10 heteroatoms. The molecule has 1 saturated heterocycles. The second-order valence-corrected chi connectivity index (χ2v) is 9.89. The zero-order valence-electron chi connectivity index (χ0n) is 20.4. The number of methoxy groups -OCH3 is 1. The van der Waals surface area contributed by atoms with Gasteiger partial charge in [0.15, 0.2) is 5.16 Å². The number of ether oxygens (including phenoxy) is 1. The first kappa shape index (κ1) is 25.8. The molecular formula is C26H28ClN5O3S. The second-order valence-electron chi connectivity index (χ2n) is 8.56. The van der Waals surface area contributed by atoms with Crippen LogP contribution in [0.25, 0.3) is 0 Å². The number of amides is 2. The summed E-state index contributed by atoms with van der Waals surface area (Å²) in [6, 6.07) is 16.4. The number of halogens is 1. The van der Waals surface area contributed by atoms with Crippen LogP contribution in [0.5, 0.6) is 5.75 Å². The quantitative estimate of drug-likeness (QED) is 0.275. The predicted molar refractivity (Wildman–Crippen MR) is 143 cm³/mol. The molecule has 1 aliphatic heterocycles. The minimum absolute atomic E-state index is 0.0126. The van der Waals surface area contributed by atoms with Crippen LogP contribution in [0.15, 0.2) is 59.8 Å². The number of nitrogens with one attached hydrogen (secondary N) is 1. The van der Waals surface area contributed by atoms with Gasteiger partial charge in [-0.15, -0.1) is 0 Å². The van der Waals surface area contributed by atoms with Gasteiger partial charge in [0.25, 0.3) is 5.91 Å². The lowest BCUT2D eigenvalue weighted by Gasteiger charge is -2.40. The van der Waals surface area contributed by atoms with Crippen molar-refractivity contribution in [3.05, 3.63) is 70.9 Å². The number of nitrogens with zero attached hydrogens (tertiary/aromatic N) is 4. The molecule has 3 aromatic rings. The van der Waals surface area contributed by atoms with Gasteiger partial charge in [0.1, 0.15) is 16.7 Å². The lowest BCUT2D eigenvalue weighted by atomic mass is 10.1. The maximum absolute atomic E-state index is 13.0. The van der Waals surface area contributed by atoms with E-state index in [0.29, 0.717) is 47.1 Å². The molecule has 1 fully saturated rings. The molecule has 2 aromatic carbocycles. The SMILES string of the molecule is COc1ccc(C(=O)N2CCN(c3cc(Cl)nc(SCC(=O)Nc4ccc(C)cc4)n3)CC2C)cc1. The van der Waals surface area contributed by atoms with Crippen molar-refractivity contribution in [2.45, 2.75) is 25.0 Å². The highest BCUT2D eigenvalue weighted by atomic mass is 35.5. The Morgan fingerprint density at radius 1 is 1.11 bits per heavy atom. The zero-order valence-corrected chi connectivity index (χ0v) is 22.0. The summed E-state index contributed by atoms with van der Waals surface area (Å²) in [6.45, 7) is 5.77. The van der Waals surface area contributed by atoms with E-state index in [1.54, 1.807) is 37.4 Å². The molecule has 0 spiro atoms. The van der Waals surface area contributed by atoms with Gasteiger partial charge in [-0.3, -0.25) is 9.59 Å². The Bertz CT molecular complexity index is 1220. The summed E-state index contributed by atoms with van der Waals surface area (Å²) in [5.74, 6) is 1.40. The minimum Gasteiger partial charge on any atom is -0.497 e. The Balaban J connectivity index is 1.36. The highest BCUT2D eigenvalue weighted by molar-refractivity contribution is 7.99. The number of thioether (sulfide) groups is 1. The number of rotatable bonds is 7. The first-order valence-corrected chi connectivity index (χ1v) is 12.9. The fraction of sp³-hybridized carbons (Fsp3) is 0.308. The average molecular weight is 526 g/mol. The minimum atomic E-state index is -0.145. The summed E-state index contributed by atoms with van der Waals surface area (Å²) in [5.41, 5.74) is 2.50. The van der Waals surface area contributed by atoms with Crippen LogP contribution in [0, 0.1) is 6.92 Å². The van der Waals surface area contributed by atoms with Crippen LogP contribution in [0.4, 0.5) is 11.5 Å². The fourth-order valence-corrected chi connectivity index (χ4v) is 4.82. The van der Waals surface area contributed by atoms with Gasteiger partial charge in [-0.2, -0.15) is 0 Å². The van der Waals surface area contributed by atoms with Crippen molar-refractivity contribution in [3.63, 3.8) is 0 Å². The van der Waals surface area contributed by atoms with Crippen molar-refractivity contribution in [3.8, 4) is 5.75 Å². The van der Waals surface area contributed by atoms with Crippen molar-refractivity contribution < 1.29 is 14.3 Å². The molecular weight excluding hydrogens is 498 g/mol. The molecule has 2 heterocycles. The molecule has 36 heavy (non-hydrogen) atoms. The van der Waals surface area contributed by atoms with Crippen LogP contribution < -0.4 is 15.0 Å². The van der Waals surface area contributed by atoms with Gasteiger partial charge in [0.05, 0.1) is 12.9 Å². The van der Waals surface area contributed by atoms with E-state index in [9.17, 15) is 9.59 Å². The maximum Gasteiger partial charge on any atom is 0.254 e. The Morgan fingerprint density at radius 3 is 2.50 bits per heavy atom. The van der Waals surface area contributed by atoms with E-state index >= 15 is 0 Å². The van der Waals surface area contributed by atoms with E-state index in [4.69, 9.17) is 16.3 Å². The molecule has 8 nitrogen and oxygen atoms in total. The first-order chi connectivity index (χ1) is 17.3. The van der Waals surface area contributed by atoms with E-state index in [-0.39, 0.29) is 23.6 Å². The lowest BCUT2D eigenvalue weighted by molar-refractivity contribution is -0.113. The van der Waals surface area contributed by atoms with E-state index in [1.165, 1.54) is 11.8 Å². The number of hydrogen-bond acceptors (Lipinski definition) is 7. The van der Waals surface area contributed by atoms with Crippen molar-refractivity contribution in [1.82, 2.24) is 14.9 Å². The second kappa shape index (κ2) is 11.6. The number of aryl methyl sites for hydroxylation is 1. The number of hydrogen-bond donors (Lipinski definition) is 1. The van der Waals surface area contributed by atoms with Gasteiger partial charge >= 0.3 is 0 Å².